The number of carbonyl (C=O) groups excluding carboxylic acids is 3. The summed E-state index contributed by atoms with van der Waals surface area (Å²) in [4.78, 5) is 33.9. The lowest BCUT2D eigenvalue weighted by Gasteiger charge is -2.21. The Labute approximate surface area is 107 Å². The van der Waals surface area contributed by atoms with Crippen LogP contribution in [-0.2, 0) is 14.4 Å². The van der Waals surface area contributed by atoms with E-state index in [2.05, 4.69) is 16.0 Å². The largest absolute Gasteiger partial charge is 0.356 e. The van der Waals surface area contributed by atoms with Crippen LogP contribution >= 0.6 is 0 Å². The number of nitrogens with one attached hydrogen (secondary N) is 3. The Morgan fingerprint density at radius 2 is 2.11 bits per heavy atom. The van der Waals surface area contributed by atoms with E-state index in [-0.39, 0.29) is 23.6 Å². The Balaban J connectivity index is 2.13. The first-order chi connectivity index (χ1) is 8.63. The topological polar surface area (TPSA) is 87.3 Å². The molecule has 1 saturated heterocycles. The summed E-state index contributed by atoms with van der Waals surface area (Å²) < 4.78 is 0. The van der Waals surface area contributed by atoms with Crippen LogP contribution in [0.25, 0.3) is 0 Å². The van der Waals surface area contributed by atoms with E-state index in [4.69, 9.17) is 0 Å². The third-order valence-electron chi connectivity index (χ3n) is 2.86. The van der Waals surface area contributed by atoms with Crippen molar-refractivity contribution in [3.63, 3.8) is 0 Å². The molecule has 0 aliphatic carbocycles. The maximum absolute atomic E-state index is 11.7. The first-order valence-corrected chi connectivity index (χ1v) is 6.44. The first kappa shape index (κ1) is 14.5. The van der Waals surface area contributed by atoms with Crippen LogP contribution in [0, 0.1) is 5.92 Å². The number of carbonyl (C=O) groups is 3. The second-order valence-electron chi connectivity index (χ2n) is 4.43. The van der Waals surface area contributed by atoms with Gasteiger partial charge in [0, 0.05) is 32.5 Å². The highest BCUT2D eigenvalue weighted by molar-refractivity contribution is 5.84. The van der Waals surface area contributed by atoms with Gasteiger partial charge in [0.15, 0.2) is 0 Å². The van der Waals surface area contributed by atoms with Crippen molar-refractivity contribution in [2.45, 2.75) is 32.6 Å². The van der Waals surface area contributed by atoms with Crippen LogP contribution in [0.1, 0.15) is 32.6 Å². The van der Waals surface area contributed by atoms with Crippen molar-refractivity contribution in [2.75, 3.05) is 19.6 Å². The smallest absolute Gasteiger partial charge is 0.224 e. The molecule has 102 valence electrons. The zero-order chi connectivity index (χ0) is 13.4. The van der Waals surface area contributed by atoms with E-state index < -0.39 is 0 Å². The molecule has 1 rings (SSSR count). The lowest BCUT2D eigenvalue weighted by Crippen LogP contribution is -2.43. The highest BCUT2D eigenvalue weighted by atomic mass is 16.2. The van der Waals surface area contributed by atoms with Gasteiger partial charge in [0.25, 0.3) is 0 Å². The quantitative estimate of drug-likeness (QED) is 0.600. The van der Waals surface area contributed by atoms with E-state index in [1.807, 2.05) is 6.92 Å². The molecule has 0 spiro atoms. The molecule has 0 bridgehead atoms. The highest BCUT2D eigenvalue weighted by Crippen LogP contribution is 2.10. The van der Waals surface area contributed by atoms with Gasteiger partial charge in [-0.25, -0.2) is 0 Å². The molecule has 0 radical (unpaired) electrons. The second kappa shape index (κ2) is 7.68. The van der Waals surface area contributed by atoms with E-state index in [9.17, 15) is 14.4 Å². The maximum atomic E-state index is 11.7. The van der Waals surface area contributed by atoms with E-state index in [1.54, 1.807) is 0 Å². The van der Waals surface area contributed by atoms with Gasteiger partial charge in [-0.2, -0.15) is 0 Å². The summed E-state index contributed by atoms with van der Waals surface area (Å²) in [7, 11) is 0. The average Bonchev–Trinajstić information content (AvgIpc) is 2.37. The fourth-order valence-electron chi connectivity index (χ4n) is 1.75. The summed E-state index contributed by atoms with van der Waals surface area (Å²) in [6.45, 7) is 3.40. The van der Waals surface area contributed by atoms with Crippen LogP contribution in [0.5, 0.6) is 0 Å². The Kier molecular flexibility index (Phi) is 6.18. The Morgan fingerprint density at radius 3 is 2.72 bits per heavy atom. The molecule has 3 amide bonds. The number of piperidine rings is 1. The third-order valence-corrected chi connectivity index (χ3v) is 2.86. The van der Waals surface area contributed by atoms with E-state index in [0.29, 0.717) is 38.9 Å². The molecule has 1 fully saturated rings. The lowest BCUT2D eigenvalue weighted by atomic mass is 9.98. The van der Waals surface area contributed by atoms with Gasteiger partial charge in [-0.05, 0) is 12.8 Å². The standard InChI is InChI=1S/C12H21N3O3/c1-2-6-13-11(17)5-7-14-12(18)9-3-4-10(16)15-8-9/h9H,2-8H2,1H3,(H,13,17)(H,14,18)(H,15,16). The molecule has 3 N–H and O–H groups in total. The average molecular weight is 255 g/mol. The number of hydrogen-bond donors (Lipinski definition) is 3. The third kappa shape index (κ3) is 5.16. The second-order valence-corrected chi connectivity index (χ2v) is 4.43. The minimum absolute atomic E-state index is 0.00186. The van der Waals surface area contributed by atoms with Crippen molar-refractivity contribution in [3.8, 4) is 0 Å². The summed E-state index contributed by atoms with van der Waals surface area (Å²) in [5.41, 5.74) is 0. The Bertz CT molecular complexity index is 308. The zero-order valence-corrected chi connectivity index (χ0v) is 10.8. The fraction of sp³-hybridized carbons (Fsp3) is 0.750. The van der Waals surface area contributed by atoms with Crippen molar-refractivity contribution in [2.24, 2.45) is 5.92 Å². The maximum Gasteiger partial charge on any atom is 0.224 e. The zero-order valence-electron chi connectivity index (χ0n) is 10.8. The molecule has 0 aromatic carbocycles. The Hall–Kier alpha value is -1.59. The summed E-state index contributed by atoms with van der Waals surface area (Å²) in [6, 6.07) is 0. The van der Waals surface area contributed by atoms with Crippen molar-refractivity contribution < 1.29 is 14.4 Å². The number of hydrogen-bond acceptors (Lipinski definition) is 3. The van der Waals surface area contributed by atoms with E-state index in [1.165, 1.54) is 0 Å². The minimum atomic E-state index is -0.165. The van der Waals surface area contributed by atoms with Crippen molar-refractivity contribution in [1.29, 1.82) is 0 Å². The molecule has 6 nitrogen and oxygen atoms in total. The predicted molar refractivity (Wildman–Crippen MR) is 66.7 cm³/mol. The molecule has 18 heavy (non-hydrogen) atoms. The number of amides is 3. The SMILES string of the molecule is CCCNC(=O)CCNC(=O)C1CCC(=O)NC1. The van der Waals surface area contributed by atoms with Crippen molar-refractivity contribution >= 4 is 17.7 Å². The van der Waals surface area contributed by atoms with Crippen LogP contribution in [0.4, 0.5) is 0 Å². The predicted octanol–water partition coefficient (Wildman–Crippen LogP) is -0.455. The molecule has 1 aliphatic heterocycles. The van der Waals surface area contributed by atoms with Crippen molar-refractivity contribution in [3.05, 3.63) is 0 Å². The molecule has 0 aromatic heterocycles. The summed E-state index contributed by atoms with van der Waals surface area (Å²) in [5.74, 6) is -0.299. The molecular weight excluding hydrogens is 234 g/mol. The van der Waals surface area contributed by atoms with Gasteiger partial charge in [0.1, 0.15) is 0 Å². The van der Waals surface area contributed by atoms with Crippen LogP contribution in [0.2, 0.25) is 0 Å². The van der Waals surface area contributed by atoms with Gasteiger partial charge in [-0.1, -0.05) is 6.92 Å². The highest BCUT2D eigenvalue weighted by Gasteiger charge is 2.23. The molecular formula is C12H21N3O3. The van der Waals surface area contributed by atoms with Gasteiger partial charge >= 0.3 is 0 Å². The van der Waals surface area contributed by atoms with Crippen molar-refractivity contribution in [1.82, 2.24) is 16.0 Å². The monoisotopic (exact) mass is 255 g/mol. The van der Waals surface area contributed by atoms with Crippen LogP contribution in [0.15, 0.2) is 0 Å². The van der Waals surface area contributed by atoms with Crippen LogP contribution < -0.4 is 16.0 Å². The van der Waals surface area contributed by atoms with Gasteiger partial charge in [-0.3, -0.25) is 14.4 Å². The normalized spacial score (nSPS) is 18.9. The van der Waals surface area contributed by atoms with Gasteiger partial charge in [0.05, 0.1) is 5.92 Å². The molecule has 0 saturated carbocycles. The van der Waals surface area contributed by atoms with Gasteiger partial charge in [-0.15, -0.1) is 0 Å². The Morgan fingerprint density at radius 1 is 1.33 bits per heavy atom. The first-order valence-electron chi connectivity index (χ1n) is 6.44. The number of rotatable bonds is 6. The minimum Gasteiger partial charge on any atom is -0.356 e. The van der Waals surface area contributed by atoms with Crippen LogP contribution in [0.3, 0.4) is 0 Å². The van der Waals surface area contributed by atoms with E-state index in [0.717, 1.165) is 6.42 Å². The molecule has 6 heteroatoms. The van der Waals surface area contributed by atoms with Gasteiger partial charge < -0.3 is 16.0 Å². The van der Waals surface area contributed by atoms with Gasteiger partial charge in [0.2, 0.25) is 17.7 Å². The molecule has 1 unspecified atom stereocenters. The van der Waals surface area contributed by atoms with Crippen LogP contribution in [-0.4, -0.2) is 37.4 Å². The molecule has 1 aliphatic rings. The lowest BCUT2D eigenvalue weighted by molar-refractivity contribution is -0.128. The fourth-order valence-corrected chi connectivity index (χ4v) is 1.75. The molecule has 1 heterocycles. The molecule has 0 aromatic rings. The van der Waals surface area contributed by atoms with E-state index >= 15 is 0 Å². The summed E-state index contributed by atoms with van der Waals surface area (Å²) in [6.07, 6.45) is 2.18. The summed E-state index contributed by atoms with van der Waals surface area (Å²) in [5, 5.41) is 8.13. The summed E-state index contributed by atoms with van der Waals surface area (Å²) >= 11 is 0. The molecule has 1 atom stereocenters.